The van der Waals surface area contributed by atoms with Gasteiger partial charge in [-0.25, -0.2) is 9.79 Å². The lowest BCUT2D eigenvalue weighted by atomic mass is 10.1. The molecule has 12 heteroatoms. The van der Waals surface area contributed by atoms with E-state index in [1.54, 1.807) is 17.0 Å². The van der Waals surface area contributed by atoms with Crippen LogP contribution in [0.15, 0.2) is 47.5 Å². The molecule has 2 aromatic carbocycles. The monoisotopic (exact) mass is 498 g/mol. The number of aliphatic imine (C=N–C) groups is 1. The summed E-state index contributed by atoms with van der Waals surface area (Å²) < 4.78 is 31.7. The first kappa shape index (κ1) is 25.3. The predicted octanol–water partition coefficient (Wildman–Crippen LogP) is 3.84. The van der Waals surface area contributed by atoms with Crippen molar-refractivity contribution < 1.29 is 33.0 Å². The lowest BCUT2D eigenvalue weighted by Gasteiger charge is -2.35. The number of aliphatic carboxylic acids is 2. The highest BCUT2D eigenvalue weighted by Crippen LogP contribution is 2.41. The van der Waals surface area contributed by atoms with Gasteiger partial charge in [0.1, 0.15) is 12.4 Å². The van der Waals surface area contributed by atoms with Crippen molar-refractivity contribution in [2.75, 3.05) is 44.7 Å². The number of likely N-dealkylation sites (N-methyl/N-ethyl adjacent to an activating group) is 1. The summed E-state index contributed by atoms with van der Waals surface area (Å²) in [5, 5.41) is 17.2. The Hall–Kier alpha value is -3.31. The van der Waals surface area contributed by atoms with Crippen molar-refractivity contribution in [3.05, 3.63) is 53.1 Å². The SMILES string of the molecule is CN1CCN(C2=Nc3cc(Cl)ccc3N(CC(=O)O)c3ccccc32)CC1.O=C(O)C(F)(F)F. The third kappa shape index (κ3) is 5.97. The number of nitrogens with zero attached hydrogens (tertiary/aromatic N) is 4. The summed E-state index contributed by atoms with van der Waals surface area (Å²) in [4.78, 5) is 31.8. The van der Waals surface area contributed by atoms with Gasteiger partial charge in [-0.1, -0.05) is 23.7 Å². The van der Waals surface area contributed by atoms with Crippen molar-refractivity contribution in [1.29, 1.82) is 0 Å². The van der Waals surface area contributed by atoms with E-state index in [1.807, 2.05) is 30.3 Å². The van der Waals surface area contributed by atoms with E-state index in [-0.39, 0.29) is 6.54 Å². The fourth-order valence-electron chi connectivity index (χ4n) is 3.58. The standard InChI is InChI=1S/C20H21ClN4O2.C2HF3O2/c1-23-8-10-24(11-9-23)20-15-4-2-3-5-17(15)25(13-19(26)27)18-7-6-14(21)12-16(18)22-20;3-2(4,5)1(6)7/h2-7,12H,8-11,13H2,1H3,(H,26,27);(H,6,7). The van der Waals surface area contributed by atoms with Crippen LogP contribution in [0.25, 0.3) is 0 Å². The molecule has 0 amide bonds. The highest BCUT2D eigenvalue weighted by atomic mass is 35.5. The molecular formula is C22H22ClF3N4O4. The molecular weight excluding hydrogens is 477 g/mol. The third-order valence-electron chi connectivity index (χ3n) is 5.23. The number of carboxylic acid groups (broad SMARTS) is 2. The largest absolute Gasteiger partial charge is 0.490 e. The van der Waals surface area contributed by atoms with Crippen LogP contribution in [0.3, 0.4) is 0 Å². The number of para-hydroxylation sites is 1. The minimum absolute atomic E-state index is 0.142. The van der Waals surface area contributed by atoms with Gasteiger partial charge < -0.3 is 24.9 Å². The maximum absolute atomic E-state index is 11.6. The second kappa shape index (κ2) is 10.3. The second-order valence-corrected chi connectivity index (χ2v) is 8.10. The molecule has 0 aromatic heterocycles. The highest BCUT2D eigenvalue weighted by Gasteiger charge is 2.38. The highest BCUT2D eigenvalue weighted by molar-refractivity contribution is 6.31. The van der Waals surface area contributed by atoms with E-state index in [4.69, 9.17) is 26.5 Å². The van der Waals surface area contributed by atoms with Crippen LogP contribution in [0.1, 0.15) is 5.56 Å². The molecule has 0 bridgehead atoms. The van der Waals surface area contributed by atoms with Crippen LogP contribution in [0.2, 0.25) is 5.02 Å². The van der Waals surface area contributed by atoms with Crippen LogP contribution >= 0.6 is 11.6 Å². The van der Waals surface area contributed by atoms with E-state index in [0.717, 1.165) is 49.0 Å². The Labute approximate surface area is 198 Å². The molecule has 2 aliphatic rings. The summed E-state index contributed by atoms with van der Waals surface area (Å²) in [6, 6.07) is 13.3. The Morgan fingerprint density at radius 3 is 2.24 bits per heavy atom. The lowest BCUT2D eigenvalue weighted by molar-refractivity contribution is -0.192. The van der Waals surface area contributed by atoms with Gasteiger partial charge in [0, 0.05) is 36.8 Å². The van der Waals surface area contributed by atoms with Crippen LogP contribution in [-0.4, -0.2) is 83.7 Å². The minimum atomic E-state index is -5.08. The molecule has 0 unspecified atom stereocenters. The Morgan fingerprint density at radius 2 is 1.65 bits per heavy atom. The fraction of sp³-hybridized carbons (Fsp3) is 0.318. The minimum Gasteiger partial charge on any atom is -0.480 e. The molecule has 2 aromatic rings. The van der Waals surface area contributed by atoms with E-state index in [2.05, 4.69) is 16.8 Å². The lowest BCUT2D eigenvalue weighted by Crippen LogP contribution is -2.47. The maximum Gasteiger partial charge on any atom is 0.490 e. The molecule has 0 radical (unpaired) electrons. The molecule has 2 N–H and O–H groups in total. The number of alkyl halides is 3. The van der Waals surface area contributed by atoms with Crippen molar-refractivity contribution in [3.63, 3.8) is 0 Å². The number of benzene rings is 2. The summed E-state index contributed by atoms with van der Waals surface area (Å²) in [6.45, 7) is 3.53. The van der Waals surface area contributed by atoms with Crippen LogP contribution in [-0.2, 0) is 9.59 Å². The number of anilines is 2. The van der Waals surface area contributed by atoms with Gasteiger partial charge in [0.05, 0.1) is 17.1 Å². The first-order chi connectivity index (χ1) is 16.0. The fourth-order valence-corrected chi connectivity index (χ4v) is 3.75. The van der Waals surface area contributed by atoms with E-state index in [0.29, 0.717) is 10.7 Å². The molecule has 0 atom stereocenters. The molecule has 1 saturated heterocycles. The summed E-state index contributed by atoms with van der Waals surface area (Å²) in [5.41, 5.74) is 3.22. The smallest absolute Gasteiger partial charge is 0.480 e. The second-order valence-electron chi connectivity index (χ2n) is 7.66. The van der Waals surface area contributed by atoms with Gasteiger partial charge in [0.25, 0.3) is 0 Å². The van der Waals surface area contributed by atoms with Gasteiger partial charge in [-0.05, 0) is 37.4 Å². The topological polar surface area (TPSA) is 96.7 Å². The Morgan fingerprint density at radius 1 is 1.03 bits per heavy atom. The van der Waals surface area contributed by atoms with Gasteiger partial charge in [-0.15, -0.1) is 0 Å². The van der Waals surface area contributed by atoms with E-state index >= 15 is 0 Å². The molecule has 2 aliphatic heterocycles. The van der Waals surface area contributed by atoms with E-state index < -0.39 is 18.1 Å². The van der Waals surface area contributed by atoms with E-state index in [1.165, 1.54) is 0 Å². The van der Waals surface area contributed by atoms with E-state index in [9.17, 15) is 23.1 Å². The number of rotatable bonds is 2. The number of amidine groups is 1. The summed E-state index contributed by atoms with van der Waals surface area (Å²) >= 11 is 6.22. The average molecular weight is 499 g/mol. The molecule has 34 heavy (non-hydrogen) atoms. The molecule has 182 valence electrons. The summed E-state index contributed by atoms with van der Waals surface area (Å²) in [6.07, 6.45) is -5.08. The zero-order chi connectivity index (χ0) is 25.0. The first-order valence-electron chi connectivity index (χ1n) is 10.2. The molecule has 0 aliphatic carbocycles. The molecule has 2 heterocycles. The number of hydrogen-bond donors (Lipinski definition) is 2. The van der Waals surface area contributed by atoms with Crippen LogP contribution in [0, 0.1) is 0 Å². The van der Waals surface area contributed by atoms with Gasteiger partial charge in [-0.2, -0.15) is 13.2 Å². The number of carbonyl (C=O) groups is 2. The number of piperazine rings is 1. The average Bonchev–Trinajstić information content (AvgIpc) is 2.89. The van der Waals surface area contributed by atoms with Crippen molar-refractivity contribution >= 4 is 46.4 Å². The van der Waals surface area contributed by atoms with Crippen LogP contribution < -0.4 is 4.90 Å². The van der Waals surface area contributed by atoms with Crippen molar-refractivity contribution in [3.8, 4) is 0 Å². The Balaban J connectivity index is 0.000000406. The Bertz CT molecular complexity index is 1100. The van der Waals surface area contributed by atoms with Crippen LogP contribution in [0.4, 0.5) is 30.2 Å². The van der Waals surface area contributed by atoms with Crippen molar-refractivity contribution in [2.45, 2.75) is 6.18 Å². The molecule has 4 rings (SSSR count). The zero-order valence-electron chi connectivity index (χ0n) is 18.1. The third-order valence-corrected chi connectivity index (χ3v) is 5.46. The molecule has 1 fully saturated rings. The van der Waals surface area contributed by atoms with Gasteiger partial charge in [0.15, 0.2) is 0 Å². The normalized spacial score (nSPS) is 15.9. The molecule has 8 nitrogen and oxygen atoms in total. The molecule has 0 saturated carbocycles. The first-order valence-corrected chi connectivity index (χ1v) is 10.6. The quantitative estimate of drug-likeness (QED) is 0.649. The molecule has 0 spiro atoms. The number of hydrogen-bond acceptors (Lipinski definition) is 6. The van der Waals surface area contributed by atoms with Crippen molar-refractivity contribution in [2.24, 2.45) is 4.99 Å². The Kier molecular flexibility index (Phi) is 7.68. The zero-order valence-corrected chi connectivity index (χ0v) is 18.8. The van der Waals surface area contributed by atoms with Gasteiger partial charge in [0.2, 0.25) is 0 Å². The maximum atomic E-state index is 11.6. The summed E-state index contributed by atoms with van der Waals surface area (Å²) in [7, 11) is 2.11. The van der Waals surface area contributed by atoms with Crippen LogP contribution in [0.5, 0.6) is 0 Å². The number of carboxylic acids is 2. The predicted molar refractivity (Wildman–Crippen MR) is 121 cm³/mol. The summed E-state index contributed by atoms with van der Waals surface area (Å²) in [5.74, 6) is -2.78. The van der Waals surface area contributed by atoms with Gasteiger partial charge in [-0.3, -0.25) is 4.79 Å². The number of fused-ring (bicyclic) bond motifs is 2. The van der Waals surface area contributed by atoms with Gasteiger partial charge >= 0.3 is 18.1 Å². The van der Waals surface area contributed by atoms with Crippen molar-refractivity contribution in [1.82, 2.24) is 9.80 Å². The number of halogens is 4.